The van der Waals surface area contributed by atoms with Crippen LogP contribution in [-0.4, -0.2) is 18.7 Å². The number of H-pyrrole nitrogens is 1. The van der Waals surface area contributed by atoms with Crippen LogP contribution in [0.5, 0.6) is 0 Å². The standard InChI is InChI=1S/C42H26N2S.C30H20N2.C12H7BrS/c1-2-10-29(11-3-1)43-37-15-7-4-12-31(37)34-24-27(18-21-39(34)43)28-19-22-40-35(25-28)32-13-5-8-16-38(32)44(40)30-20-23-42-36(26-30)33-14-6-9-17-41(33)45-42;1-2-8-22(9-3-1)32-29-13-7-5-11-24(29)26-19-21(15-17-30(26)32)20-14-16-28-25(18-20)23-10-4-6-12-27(23)31-28;13-8-5-6-12-10(7-8)9-3-1-2-4-11(9)14-12/h1-26H;1-19,31H;1-7H. The summed E-state index contributed by atoms with van der Waals surface area (Å²) in [6.45, 7) is 0. The molecule has 14 aromatic carbocycles. The van der Waals surface area contributed by atoms with Crippen LogP contribution in [0.3, 0.4) is 0 Å². The van der Waals surface area contributed by atoms with Crippen molar-refractivity contribution in [2.24, 2.45) is 0 Å². The highest BCUT2D eigenvalue weighted by Gasteiger charge is 2.19. The normalized spacial score (nSPS) is 11.8. The molecule has 0 unspecified atom stereocenters. The minimum absolute atomic E-state index is 1.15. The molecule has 4 nitrogen and oxygen atoms in total. The first-order valence-electron chi connectivity index (χ1n) is 30.7. The molecule has 0 saturated heterocycles. The monoisotopic (exact) mass is 1260 g/mol. The van der Waals surface area contributed by atoms with Gasteiger partial charge in [-0.05, 0) is 168 Å². The molecular weight excluding hydrogens is 1210 g/mol. The van der Waals surface area contributed by atoms with Crippen LogP contribution >= 0.6 is 38.6 Å². The summed E-state index contributed by atoms with van der Waals surface area (Å²) < 4.78 is 13.7. The van der Waals surface area contributed by atoms with Gasteiger partial charge in [0.2, 0.25) is 0 Å². The third-order valence-corrected chi connectivity index (χ3v) is 21.0. The van der Waals surface area contributed by atoms with E-state index in [1.54, 1.807) is 0 Å². The summed E-state index contributed by atoms with van der Waals surface area (Å²) in [7, 11) is 0. The van der Waals surface area contributed by atoms with Crippen LogP contribution in [0, 0.1) is 0 Å². The fourth-order valence-electron chi connectivity index (χ4n) is 14.0. The molecule has 0 aliphatic rings. The number of para-hydroxylation sites is 6. The third kappa shape index (κ3) is 8.99. The van der Waals surface area contributed by atoms with Crippen molar-refractivity contribution in [1.82, 2.24) is 18.7 Å². The molecule has 6 aromatic heterocycles. The number of nitrogens with zero attached hydrogens (tertiary/aromatic N) is 3. The highest BCUT2D eigenvalue weighted by Crippen LogP contribution is 2.42. The number of aromatic amines is 1. The van der Waals surface area contributed by atoms with Gasteiger partial charge in [-0.15, -0.1) is 22.7 Å². The Bertz CT molecular complexity index is 6240. The van der Waals surface area contributed by atoms with Crippen molar-refractivity contribution in [2.45, 2.75) is 0 Å². The first kappa shape index (κ1) is 53.2. The van der Waals surface area contributed by atoms with Crippen molar-refractivity contribution in [3.05, 3.63) is 320 Å². The maximum Gasteiger partial charge on any atom is 0.0541 e. The number of hydrogen-bond donors (Lipinski definition) is 1. The number of hydrogen-bond acceptors (Lipinski definition) is 2. The van der Waals surface area contributed by atoms with Crippen molar-refractivity contribution >= 4 is 166 Å². The van der Waals surface area contributed by atoms with Gasteiger partial charge in [0.05, 0.1) is 33.1 Å². The Hall–Kier alpha value is -10.8. The minimum Gasteiger partial charge on any atom is -0.355 e. The van der Waals surface area contributed by atoms with E-state index in [4.69, 9.17) is 0 Å². The van der Waals surface area contributed by atoms with Gasteiger partial charge >= 0.3 is 0 Å². The molecule has 0 fully saturated rings. The van der Waals surface area contributed by atoms with Crippen molar-refractivity contribution in [2.75, 3.05) is 0 Å². The fraction of sp³-hybridized carbons (Fsp3) is 0. The molecule has 0 radical (unpaired) electrons. The third-order valence-electron chi connectivity index (χ3n) is 18.2. The minimum atomic E-state index is 1.15. The summed E-state index contributed by atoms with van der Waals surface area (Å²) in [5, 5.41) is 15.5. The molecule has 1 N–H and O–H groups in total. The van der Waals surface area contributed by atoms with Crippen LogP contribution in [0.15, 0.2) is 320 Å². The van der Waals surface area contributed by atoms with Gasteiger partial charge in [-0.25, -0.2) is 0 Å². The Labute approximate surface area is 540 Å². The van der Waals surface area contributed by atoms with E-state index < -0.39 is 0 Å². The first-order chi connectivity index (χ1) is 45.0. The predicted molar refractivity (Wildman–Crippen MR) is 396 cm³/mol. The second-order valence-electron chi connectivity index (χ2n) is 23.4. The lowest BCUT2D eigenvalue weighted by Gasteiger charge is -2.10. The summed E-state index contributed by atoms with van der Waals surface area (Å²) in [5.74, 6) is 0. The summed E-state index contributed by atoms with van der Waals surface area (Å²) in [5.41, 5.74) is 18.2. The van der Waals surface area contributed by atoms with Gasteiger partial charge in [0.1, 0.15) is 0 Å². The highest BCUT2D eigenvalue weighted by atomic mass is 79.9. The van der Waals surface area contributed by atoms with Gasteiger partial charge in [0.25, 0.3) is 0 Å². The largest absolute Gasteiger partial charge is 0.355 e. The average molecular weight is 1260 g/mol. The second-order valence-corrected chi connectivity index (χ2v) is 26.5. The molecule has 6 heterocycles. The van der Waals surface area contributed by atoms with Crippen molar-refractivity contribution in [3.63, 3.8) is 0 Å². The second kappa shape index (κ2) is 21.8. The maximum absolute atomic E-state index is 3.53. The summed E-state index contributed by atoms with van der Waals surface area (Å²) in [4.78, 5) is 3.53. The number of benzene rings is 14. The molecule has 0 spiro atoms. The van der Waals surface area contributed by atoms with Gasteiger partial charge in [0, 0.05) is 116 Å². The molecule has 0 saturated carbocycles. The summed E-state index contributed by atoms with van der Waals surface area (Å²) in [6.07, 6.45) is 0. The maximum atomic E-state index is 3.53. The molecule has 428 valence electrons. The van der Waals surface area contributed by atoms with E-state index in [1.165, 1.54) is 167 Å². The van der Waals surface area contributed by atoms with Gasteiger partial charge in [-0.3, -0.25) is 0 Å². The Morgan fingerprint density at radius 1 is 0.220 bits per heavy atom. The molecule has 0 aliphatic heterocycles. The van der Waals surface area contributed by atoms with Crippen LogP contribution in [-0.2, 0) is 0 Å². The topological polar surface area (TPSA) is 30.6 Å². The molecule has 20 rings (SSSR count). The molecule has 0 aliphatic carbocycles. The average Bonchev–Trinajstić information content (AvgIpc) is 1.71. The van der Waals surface area contributed by atoms with E-state index in [9.17, 15) is 0 Å². The molecule has 91 heavy (non-hydrogen) atoms. The predicted octanol–water partition coefficient (Wildman–Crippen LogP) is 24.8. The number of fused-ring (bicyclic) bond motifs is 18. The number of halogens is 1. The zero-order valence-corrected chi connectivity index (χ0v) is 52.3. The van der Waals surface area contributed by atoms with E-state index in [2.05, 4.69) is 350 Å². The lowest BCUT2D eigenvalue weighted by atomic mass is 10.0. The van der Waals surface area contributed by atoms with Crippen molar-refractivity contribution in [3.8, 4) is 39.3 Å². The summed E-state index contributed by atoms with van der Waals surface area (Å²) in [6, 6.07) is 114. The Morgan fingerprint density at radius 2 is 0.571 bits per heavy atom. The molecule has 0 atom stereocenters. The number of thiophene rings is 2. The van der Waals surface area contributed by atoms with Crippen LogP contribution < -0.4 is 0 Å². The van der Waals surface area contributed by atoms with E-state index >= 15 is 0 Å². The molecule has 20 aromatic rings. The van der Waals surface area contributed by atoms with E-state index in [1.807, 2.05) is 22.7 Å². The molecule has 7 heteroatoms. The van der Waals surface area contributed by atoms with Crippen LogP contribution in [0.1, 0.15) is 0 Å². The van der Waals surface area contributed by atoms with E-state index in [-0.39, 0.29) is 0 Å². The van der Waals surface area contributed by atoms with Crippen molar-refractivity contribution in [1.29, 1.82) is 0 Å². The summed E-state index contributed by atoms with van der Waals surface area (Å²) >= 11 is 7.22. The van der Waals surface area contributed by atoms with Crippen molar-refractivity contribution < 1.29 is 0 Å². The van der Waals surface area contributed by atoms with Gasteiger partial charge < -0.3 is 18.7 Å². The lowest BCUT2D eigenvalue weighted by Crippen LogP contribution is -1.93. The lowest BCUT2D eigenvalue weighted by molar-refractivity contribution is 1.18. The number of rotatable bonds is 5. The number of nitrogens with one attached hydrogen (secondary N) is 1. The fourth-order valence-corrected chi connectivity index (χ4v) is 16.6. The molecular formula is C84H53BrN4S2. The van der Waals surface area contributed by atoms with Crippen LogP contribution in [0.2, 0.25) is 0 Å². The van der Waals surface area contributed by atoms with Crippen LogP contribution in [0.4, 0.5) is 0 Å². The quantitative estimate of drug-likeness (QED) is 0.178. The zero-order valence-electron chi connectivity index (χ0n) is 49.1. The van der Waals surface area contributed by atoms with E-state index in [0.29, 0.717) is 0 Å². The smallest absolute Gasteiger partial charge is 0.0541 e. The van der Waals surface area contributed by atoms with Gasteiger partial charge in [-0.2, -0.15) is 0 Å². The van der Waals surface area contributed by atoms with Gasteiger partial charge in [0.15, 0.2) is 0 Å². The van der Waals surface area contributed by atoms with Crippen LogP contribution in [0.25, 0.3) is 167 Å². The molecule has 0 bridgehead atoms. The van der Waals surface area contributed by atoms with Gasteiger partial charge in [-0.1, -0.05) is 186 Å². The highest BCUT2D eigenvalue weighted by molar-refractivity contribution is 9.10. The zero-order chi connectivity index (χ0) is 60.1. The Kier molecular flexibility index (Phi) is 12.7. The Balaban J connectivity index is 0.000000115. The first-order valence-corrected chi connectivity index (χ1v) is 33.2. The Morgan fingerprint density at radius 3 is 1.08 bits per heavy atom. The number of aromatic nitrogens is 4. The van der Waals surface area contributed by atoms with E-state index in [0.717, 1.165) is 4.47 Å². The molecule has 0 amide bonds. The SMILES string of the molecule is Brc1ccc2sc3ccccc3c2c1.c1ccc(-n2c3ccccc3c3cc(-c4ccc5[nH]c6ccccc6c5c4)ccc32)cc1.c1ccc(-n2c3ccccc3c3cc(-c4ccc5c(c4)c4ccccc4n5-c4ccc5sc6ccccc6c5c4)ccc32)cc1.